The summed E-state index contributed by atoms with van der Waals surface area (Å²) in [6.45, 7) is 2.00. The highest BCUT2D eigenvalue weighted by atomic mass is 32.1. The molecule has 0 bridgehead atoms. The lowest BCUT2D eigenvalue weighted by Gasteiger charge is -2.11. The zero-order valence-corrected chi connectivity index (χ0v) is 9.90. The first-order valence-electron chi connectivity index (χ1n) is 5.14. The molecule has 3 aromatic heterocycles. The van der Waals surface area contributed by atoms with Crippen LogP contribution in [0, 0.1) is 0 Å². The van der Waals surface area contributed by atoms with Gasteiger partial charge in [-0.25, -0.2) is 15.0 Å². The lowest BCUT2D eigenvalue weighted by Crippen LogP contribution is -2.09. The largest absolute Gasteiger partial charge is 0.360 e. The summed E-state index contributed by atoms with van der Waals surface area (Å²) < 4.78 is 0. The van der Waals surface area contributed by atoms with Gasteiger partial charge in [0.15, 0.2) is 0 Å². The molecule has 3 rings (SSSR count). The van der Waals surface area contributed by atoms with Crippen LogP contribution in [0.25, 0.3) is 10.2 Å². The van der Waals surface area contributed by atoms with Crippen molar-refractivity contribution in [3.63, 3.8) is 0 Å². The summed E-state index contributed by atoms with van der Waals surface area (Å²) in [6, 6.07) is 2.03. The summed E-state index contributed by atoms with van der Waals surface area (Å²) in [5.74, 6) is 1.60. The topological polar surface area (TPSA) is 79.4 Å². The molecule has 0 spiro atoms. The van der Waals surface area contributed by atoms with Gasteiger partial charge in [-0.2, -0.15) is 5.10 Å². The average molecular weight is 246 g/mol. The first kappa shape index (κ1) is 10.2. The fraction of sp³-hybridized carbons (Fsp3) is 0.200. The number of rotatable bonds is 3. The minimum absolute atomic E-state index is 0.0236. The van der Waals surface area contributed by atoms with Gasteiger partial charge in [0, 0.05) is 0 Å². The summed E-state index contributed by atoms with van der Waals surface area (Å²) in [4.78, 5) is 13.5. The second-order valence-corrected chi connectivity index (χ2v) is 4.49. The third-order valence-electron chi connectivity index (χ3n) is 2.46. The average Bonchev–Trinajstić information content (AvgIpc) is 3.00. The van der Waals surface area contributed by atoms with E-state index < -0.39 is 0 Å². The van der Waals surface area contributed by atoms with Crippen LogP contribution in [-0.2, 0) is 0 Å². The van der Waals surface area contributed by atoms with Crippen molar-refractivity contribution in [3.05, 3.63) is 29.9 Å². The van der Waals surface area contributed by atoms with Crippen LogP contribution in [0.15, 0.2) is 24.1 Å². The van der Waals surface area contributed by atoms with Crippen LogP contribution in [0.4, 0.5) is 5.82 Å². The zero-order chi connectivity index (χ0) is 11.7. The summed E-state index contributed by atoms with van der Waals surface area (Å²) in [6.07, 6.45) is 3.06. The molecule has 0 amide bonds. The SMILES string of the molecule is CC(Nc1ncnc2sccc12)c1ncn[nH]1. The molecule has 0 aliphatic rings. The third-order valence-corrected chi connectivity index (χ3v) is 3.28. The first-order chi connectivity index (χ1) is 8.34. The van der Waals surface area contributed by atoms with Crippen LogP contribution in [0.5, 0.6) is 0 Å². The van der Waals surface area contributed by atoms with Gasteiger partial charge in [0.05, 0.1) is 11.4 Å². The maximum absolute atomic E-state index is 4.25. The molecule has 1 unspecified atom stereocenters. The Hall–Kier alpha value is -2.02. The van der Waals surface area contributed by atoms with E-state index in [1.54, 1.807) is 17.7 Å². The number of anilines is 1. The Morgan fingerprint density at radius 1 is 1.29 bits per heavy atom. The van der Waals surface area contributed by atoms with Gasteiger partial charge in [0.2, 0.25) is 0 Å². The Balaban J connectivity index is 1.92. The van der Waals surface area contributed by atoms with Crippen LogP contribution < -0.4 is 5.32 Å². The van der Waals surface area contributed by atoms with Crippen LogP contribution in [0.2, 0.25) is 0 Å². The second kappa shape index (κ2) is 4.10. The number of fused-ring (bicyclic) bond motifs is 1. The Bertz CT molecular complexity index is 617. The third kappa shape index (κ3) is 1.84. The van der Waals surface area contributed by atoms with E-state index >= 15 is 0 Å². The fourth-order valence-corrected chi connectivity index (χ4v) is 2.33. The molecule has 0 radical (unpaired) electrons. The molecule has 0 aliphatic carbocycles. The van der Waals surface area contributed by atoms with Gasteiger partial charge in [-0.15, -0.1) is 11.3 Å². The van der Waals surface area contributed by atoms with Crippen molar-refractivity contribution < 1.29 is 0 Å². The van der Waals surface area contributed by atoms with Crippen LogP contribution in [0.3, 0.4) is 0 Å². The van der Waals surface area contributed by atoms with E-state index in [1.165, 1.54) is 6.33 Å². The molecule has 0 saturated carbocycles. The normalized spacial score (nSPS) is 12.8. The Morgan fingerprint density at radius 2 is 2.24 bits per heavy atom. The van der Waals surface area contributed by atoms with Crippen molar-refractivity contribution in [1.29, 1.82) is 0 Å². The predicted octanol–water partition coefficient (Wildman–Crippen LogP) is 1.98. The van der Waals surface area contributed by atoms with E-state index in [-0.39, 0.29) is 6.04 Å². The van der Waals surface area contributed by atoms with Gasteiger partial charge in [0.1, 0.15) is 29.1 Å². The fourth-order valence-electron chi connectivity index (χ4n) is 1.60. The van der Waals surface area contributed by atoms with Crippen LogP contribution in [0.1, 0.15) is 18.8 Å². The molecule has 0 fully saturated rings. The molecule has 2 N–H and O–H groups in total. The molecule has 3 heterocycles. The second-order valence-electron chi connectivity index (χ2n) is 3.60. The minimum atomic E-state index is 0.0236. The number of aromatic amines is 1. The number of hydrogen-bond acceptors (Lipinski definition) is 6. The molecule has 0 aromatic carbocycles. The van der Waals surface area contributed by atoms with Crippen molar-refractivity contribution in [2.45, 2.75) is 13.0 Å². The highest BCUT2D eigenvalue weighted by molar-refractivity contribution is 7.16. The van der Waals surface area contributed by atoms with Crippen molar-refractivity contribution in [3.8, 4) is 0 Å². The smallest absolute Gasteiger partial charge is 0.146 e. The summed E-state index contributed by atoms with van der Waals surface area (Å²) in [7, 11) is 0. The molecule has 3 aromatic rings. The van der Waals surface area contributed by atoms with E-state index in [4.69, 9.17) is 0 Å². The maximum atomic E-state index is 4.25. The number of thiophene rings is 1. The van der Waals surface area contributed by atoms with Gasteiger partial charge >= 0.3 is 0 Å². The molecule has 0 aliphatic heterocycles. The van der Waals surface area contributed by atoms with Gasteiger partial charge in [-0.1, -0.05) is 0 Å². The quantitative estimate of drug-likeness (QED) is 0.738. The number of nitrogens with one attached hydrogen (secondary N) is 2. The minimum Gasteiger partial charge on any atom is -0.360 e. The molecule has 1 atom stereocenters. The van der Waals surface area contributed by atoms with E-state index in [9.17, 15) is 0 Å². The van der Waals surface area contributed by atoms with E-state index in [0.717, 1.165) is 21.9 Å². The van der Waals surface area contributed by atoms with E-state index in [0.29, 0.717) is 0 Å². The molecule has 7 heteroatoms. The molecular weight excluding hydrogens is 236 g/mol. The molecule has 86 valence electrons. The van der Waals surface area contributed by atoms with Crippen LogP contribution >= 0.6 is 11.3 Å². The standard InChI is InChI=1S/C10H10N6S/c1-6(8-12-5-14-16-8)15-9-7-2-3-17-10(7)13-4-11-9/h2-6H,1H3,(H,11,13,15)(H,12,14,16). The predicted molar refractivity (Wildman–Crippen MR) is 65.8 cm³/mol. The lowest BCUT2D eigenvalue weighted by molar-refractivity contribution is 0.791. The highest BCUT2D eigenvalue weighted by Gasteiger charge is 2.11. The van der Waals surface area contributed by atoms with E-state index in [1.807, 2.05) is 18.4 Å². The summed E-state index contributed by atoms with van der Waals surface area (Å²) in [5, 5.41) is 13.0. The summed E-state index contributed by atoms with van der Waals surface area (Å²) in [5.41, 5.74) is 0. The lowest BCUT2D eigenvalue weighted by atomic mass is 10.3. The zero-order valence-electron chi connectivity index (χ0n) is 9.08. The summed E-state index contributed by atoms with van der Waals surface area (Å²) >= 11 is 1.60. The molecule has 0 saturated heterocycles. The van der Waals surface area contributed by atoms with E-state index in [2.05, 4.69) is 30.5 Å². The molecule has 6 nitrogen and oxygen atoms in total. The molecular formula is C10H10N6S. The Kier molecular flexibility index (Phi) is 2.45. The number of hydrogen-bond donors (Lipinski definition) is 2. The maximum Gasteiger partial charge on any atom is 0.146 e. The van der Waals surface area contributed by atoms with Crippen LogP contribution in [-0.4, -0.2) is 25.1 Å². The monoisotopic (exact) mass is 246 g/mol. The van der Waals surface area contributed by atoms with Crippen molar-refractivity contribution >= 4 is 27.4 Å². The van der Waals surface area contributed by atoms with Gasteiger partial charge < -0.3 is 5.32 Å². The number of H-pyrrole nitrogens is 1. The molecule has 17 heavy (non-hydrogen) atoms. The van der Waals surface area contributed by atoms with Gasteiger partial charge in [0.25, 0.3) is 0 Å². The van der Waals surface area contributed by atoms with Gasteiger partial charge in [-0.05, 0) is 18.4 Å². The van der Waals surface area contributed by atoms with Crippen molar-refractivity contribution in [2.24, 2.45) is 0 Å². The number of aromatic nitrogens is 5. The highest BCUT2D eigenvalue weighted by Crippen LogP contribution is 2.25. The Labute approximate surface area is 101 Å². The Morgan fingerprint density at radius 3 is 3.06 bits per heavy atom. The van der Waals surface area contributed by atoms with Crippen molar-refractivity contribution in [1.82, 2.24) is 25.1 Å². The van der Waals surface area contributed by atoms with Gasteiger partial charge in [-0.3, -0.25) is 5.10 Å². The van der Waals surface area contributed by atoms with Crippen molar-refractivity contribution in [2.75, 3.05) is 5.32 Å². The number of nitrogens with zero attached hydrogens (tertiary/aromatic N) is 4. The first-order valence-corrected chi connectivity index (χ1v) is 6.02.